The predicted molar refractivity (Wildman–Crippen MR) is 99.0 cm³/mol. The van der Waals surface area contributed by atoms with Crippen molar-refractivity contribution in [1.29, 1.82) is 0 Å². The quantitative estimate of drug-likeness (QED) is 0.616. The number of aromatic nitrogens is 1. The van der Waals surface area contributed by atoms with E-state index in [0.717, 1.165) is 27.8 Å². The van der Waals surface area contributed by atoms with Gasteiger partial charge in [-0.1, -0.05) is 24.3 Å². The first-order valence-corrected chi connectivity index (χ1v) is 8.31. The summed E-state index contributed by atoms with van der Waals surface area (Å²) in [4.78, 5) is 6.83. The van der Waals surface area contributed by atoms with E-state index in [1.165, 1.54) is 16.7 Å². The zero-order valence-corrected chi connectivity index (χ0v) is 14.8. The summed E-state index contributed by atoms with van der Waals surface area (Å²) in [5.74, 6) is 0. The Morgan fingerprint density at radius 3 is 2.54 bits per heavy atom. The van der Waals surface area contributed by atoms with E-state index in [0.29, 0.717) is 0 Å². The fourth-order valence-corrected chi connectivity index (χ4v) is 3.69. The first-order chi connectivity index (χ1) is 11.4. The van der Waals surface area contributed by atoms with E-state index in [2.05, 4.69) is 74.3 Å². The third-order valence-electron chi connectivity index (χ3n) is 5.16. The summed E-state index contributed by atoms with van der Waals surface area (Å²) in [6, 6.07) is 8.48. The van der Waals surface area contributed by atoms with E-state index in [9.17, 15) is 0 Å². The minimum absolute atomic E-state index is 0.244. The van der Waals surface area contributed by atoms with Gasteiger partial charge in [0.05, 0.1) is 5.54 Å². The first kappa shape index (κ1) is 15.0. The average molecular weight is 318 g/mol. The highest BCUT2D eigenvalue weighted by atomic mass is 16.3. The van der Waals surface area contributed by atoms with Gasteiger partial charge in [-0.25, -0.2) is 4.98 Å². The van der Waals surface area contributed by atoms with E-state index >= 15 is 0 Å². The van der Waals surface area contributed by atoms with Gasteiger partial charge in [-0.05, 0) is 51.0 Å². The highest BCUT2D eigenvalue weighted by Crippen LogP contribution is 2.41. The lowest BCUT2D eigenvalue weighted by Gasteiger charge is -2.39. The molecule has 4 rings (SSSR count). The summed E-state index contributed by atoms with van der Waals surface area (Å²) in [6.45, 7) is 8.50. The number of fused-ring (bicyclic) bond motifs is 3. The van der Waals surface area contributed by atoms with Crippen LogP contribution in [0.3, 0.4) is 0 Å². The van der Waals surface area contributed by atoms with E-state index in [1.54, 1.807) is 0 Å². The van der Waals surface area contributed by atoms with Gasteiger partial charge in [0.2, 0.25) is 5.71 Å². The van der Waals surface area contributed by atoms with Crippen LogP contribution in [0.5, 0.6) is 0 Å². The fourth-order valence-electron chi connectivity index (χ4n) is 3.69. The lowest BCUT2D eigenvalue weighted by Crippen LogP contribution is -2.38. The number of rotatable bonds is 1. The molecular formula is C21H22N2O. The van der Waals surface area contributed by atoms with Gasteiger partial charge in [0.15, 0.2) is 0 Å². The van der Waals surface area contributed by atoms with E-state index in [1.807, 2.05) is 13.0 Å². The van der Waals surface area contributed by atoms with Crippen LogP contribution in [0.25, 0.3) is 22.1 Å². The maximum Gasteiger partial charge on any atom is 0.227 e. The third-order valence-corrected chi connectivity index (χ3v) is 5.16. The summed E-state index contributed by atoms with van der Waals surface area (Å²) in [5.41, 5.74) is 6.07. The number of allylic oxidation sites excluding steroid dienone is 2. The maximum atomic E-state index is 6.25. The molecule has 1 unspecified atom stereocenters. The van der Waals surface area contributed by atoms with Crippen molar-refractivity contribution in [3.8, 4) is 0 Å². The molecule has 3 heteroatoms. The van der Waals surface area contributed by atoms with Crippen LogP contribution in [0, 0.1) is 13.8 Å². The van der Waals surface area contributed by atoms with Crippen LogP contribution < -0.4 is 0 Å². The normalized spacial score (nSPS) is 20.9. The molecule has 2 aromatic heterocycles. The third kappa shape index (κ3) is 2.01. The van der Waals surface area contributed by atoms with Gasteiger partial charge >= 0.3 is 0 Å². The monoisotopic (exact) mass is 318 g/mol. The Kier molecular flexibility index (Phi) is 3.11. The molecule has 0 saturated carbocycles. The van der Waals surface area contributed by atoms with Crippen molar-refractivity contribution in [3.05, 3.63) is 65.0 Å². The van der Waals surface area contributed by atoms with Crippen LogP contribution in [-0.2, 0) is 5.54 Å². The minimum atomic E-state index is -0.244. The molecule has 1 atom stereocenters. The second-order valence-electron chi connectivity index (χ2n) is 7.01. The number of hydrogen-bond acceptors (Lipinski definition) is 3. The molecule has 0 saturated heterocycles. The van der Waals surface area contributed by atoms with Crippen molar-refractivity contribution in [2.75, 3.05) is 7.05 Å². The molecule has 0 spiro atoms. The van der Waals surface area contributed by atoms with Gasteiger partial charge in [0.1, 0.15) is 5.58 Å². The number of benzene rings is 1. The predicted octanol–water partition coefficient (Wildman–Crippen LogP) is 5.22. The maximum absolute atomic E-state index is 6.25. The molecule has 0 aliphatic carbocycles. The van der Waals surface area contributed by atoms with Gasteiger partial charge in [-0.15, -0.1) is 0 Å². The number of pyridine rings is 1. The summed E-state index contributed by atoms with van der Waals surface area (Å²) < 4.78 is 6.25. The topological polar surface area (TPSA) is 29.3 Å². The van der Waals surface area contributed by atoms with Crippen LogP contribution in [0.15, 0.2) is 52.6 Å². The minimum Gasteiger partial charge on any atom is -0.437 e. The van der Waals surface area contributed by atoms with Crippen LogP contribution in [-0.4, -0.2) is 16.9 Å². The molecule has 3 aromatic rings. The zero-order chi connectivity index (χ0) is 17.1. The molecule has 0 amide bonds. The first-order valence-electron chi connectivity index (χ1n) is 8.31. The van der Waals surface area contributed by atoms with Gasteiger partial charge in [0, 0.05) is 35.3 Å². The van der Waals surface area contributed by atoms with Crippen LogP contribution in [0.4, 0.5) is 0 Å². The molecule has 0 N–H and O–H groups in total. The lowest BCUT2D eigenvalue weighted by atomic mass is 9.84. The van der Waals surface area contributed by atoms with Gasteiger partial charge in [-0.2, -0.15) is 0 Å². The molecule has 1 aromatic carbocycles. The zero-order valence-electron chi connectivity index (χ0n) is 14.8. The molecule has 1 aliphatic rings. The molecule has 0 fully saturated rings. The summed E-state index contributed by atoms with van der Waals surface area (Å²) in [7, 11) is 2.12. The molecule has 24 heavy (non-hydrogen) atoms. The number of hydrogen-bond donors (Lipinski definition) is 0. The summed E-state index contributed by atoms with van der Waals surface area (Å²) >= 11 is 0. The van der Waals surface area contributed by atoms with Crippen molar-refractivity contribution in [2.45, 2.75) is 33.2 Å². The molecule has 1 aliphatic heterocycles. The molecule has 0 radical (unpaired) electrons. The summed E-state index contributed by atoms with van der Waals surface area (Å²) in [5, 5.41) is 2.21. The second kappa shape index (κ2) is 4.97. The molecular weight excluding hydrogens is 296 g/mol. The van der Waals surface area contributed by atoms with Crippen molar-refractivity contribution in [3.63, 3.8) is 0 Å². The SMILES string of the molecule is CC1=CN(C)C(C)(c2c(C)ccc3c2oc2nc(C)ccc23)C=C1. The Bertz CT molecular complexity index is 1030. The Morgan fingerprint density at radius 2 is 1.79 bits per heavy atom. The van der Waals surface area contributed by atoms with Crippen molar-refractivity contribution < 1.29 is 4.42 Å². The number of nitrogens with zero attached hydrogens (tertiary/aromatic N) is 2. The van der Waals surface area contributed by atoms with E-state index < -0.39 is 0 Å². The van der Waals surface area contributed by atoms with Crippen molar-refractivity contribution in [1.82, 2.24) is 9.88 Å². The van der Waals surface area contributed by atoms with Gasteiger partial charge in [0.25, 0.3) is 0 Å². The largest absolute Gasteiger partial charge is 0.437 e. The molecule has 0 bridgehead atoms. The number of likely N-dealkylation sites (N-methyl/N-ethyl adjacent to an activating group) is 1. The Balaban J connectivity index is 2.07. The molecule has 3 nitrogen and oxygen atoms in total. The standard InChI is InChI=1S/C21H22N2O/c1-13-10-11-21(4,23(5)12-13)18-14(2)6-8-16-17-9-7-15(3)22-20(17)24-19(16)18/h6-12H,1-5H3. The fraction of sp³-hybridized carbons (Fsp3) is 0.286. The second-order valence-corrected chi connectivity index (χ2v) is 7.01. The number of aryl methyl sites for hydroxylation is 2. The number of furan rings is 1. The van der Waals surface area contributed by atoms with Crippen molar-refractivity contribution in [2.24, 2.45) is 0 Å². The Hall–Kier alpha value is -2.55. The highest BCUT2D eigenvalue weighted by Gasteiger charge is 2.34. The van der Waals surface area contributed by atoms with Gasteiger partial charge < -0.3 is 9.32 Å². The average Bonchev–Trinajstić information content (AvgIpc) is 2.88. The van der Waals surface area contributed by atoms with Crippen LogP contribution >= 0.6 is 0 Å². The van der Waals surface area contributed by atoms with E-state index in [-0.39, 0.29) is 5.54 Å². The van der Waals surface area contributed by atoms with Gasteiger partial charge in [-0.3, -0.25) is 0 Å². The summed E-state index contributed by atoms with van der Waals surface area (Å²) in [6.07, 6.45) is 6.63. The lowest BCUT2D eigenvalue weighted by molar-refractivity contribution is 0.258. The Morgan fingerprint density at radius 1 is 1.04 bits per heavy atom. The van der Waals surface area contributed by atoms with Crippen LogP contribution in [0.1, 0.15) is 30.7 Å². The van der Waals surface area contributed by atoms with Crippen LogP contribution in [0.2, 0.25) is 0 Å². The Labute approximate surface area is 142 Å². The highest BCUT2D eigenvalue weighted by molar-refractivity contribution is 6.05. The van der Waals surface area contributed by atoms with Crippen molar-refractivity contribution >= 4 is 22.1 Å². The van der Waals surface area contributed by atoms with E-state index in [4.69, 9.17) is 4.42 Å². The molecule has 3 heterocycles. The molecule has 122 valence electrons. The smallest absolute Gasteiger partial charge is 0.227 e.